The molecule has 0 N–H and O–H groups in total. The summed E-state index contributed by atoms with van der Waals surface area (Å²) in [6.45, 7) is 7.12. The molecule has 0 saturated carbocycles. The van der Waals surface area contributed by atoms with Gasteiger partial charge in [-0.05, 0) is 0 Å². The van der Waals surface area contributed by atoms with E-state index in [9.17, 15) is 0 Å². The van der Waals surface area contributed by atoms with Crippen LogP contribution in [0.1, 0.15) is 68.9 Å². The Morgan fingerprint density at radius 3 is 1.48 bits per heavy atom. The number of unbranched alkanes of at least 4 members (excludes halogenated alkanes) is 3. The summed E-state index contributed by atoms with van der Waals surface area (Å²) < 4.78 is 6.67. The second-order valence-electron chi connectivity index (χ2n) is 8.60. The number of hydrogen-bond acceptors (Lipinski definition) is 0. The molecule has 1 nitrogen and oxygen atoms in total. The fraction of sp³-hybridized carbons (Fsp3) is 0.727. The average molecular weight is 566 g/mol. The number of rotatable bonds is 12. The molecule has 146 valence electrons. The van der Waals surface area contributed by atoms with Crippen molar-refractivity contribution in [3.63, 3.8) is 0 Å². The van der Waals surface area contributed by atoms with E-state index in [1.807, 2.05) is 0 Å². The molecule has 0 radical (unpaired) electrons. The zero-order valence-electron chi connectivity index (χ0n) is 17.7. The minimum Gasteiger partial charge on any atom is -1.00 e. The largest absolute Gasteiger partial charge is 1.00 e. The average Bonchev–Trinajstić information content (AvgIpc) is 2.55. The zero-order valence-corrected chi connectivity index (χ0v) is 22.7. The molecule has 0 spiro atoms. The van der Waals surface area contributed by atoms with Crippen molar-refractivity contribution in [2.75, 3.05) is 21.1 Å². The Morgan fingerprint density at radius 1 is 0.760 bits per heavy atom. The first-order valence-corrected chi connectivity index (χ1v) is 18.0. The first kappa shape index (κ1) is 25.7. The van der Waals surface area contributed by atoms with Gasteiger partial charge in [-0.2, -0.15) is 0 Å². The summed E-state index contributed by atoms with van der Waals surface area (Å²) >= 11 is -2.33. The molecule has 1 atom stereocenters. The summed E-state index contributed by atoms with van der Waals surface area (Å²) in [5.74, 6) is 0. The van der Waals surface area contributed by atoms with E-state index >= 15 is 0 Å². The minimum atomic E-state index is -2.33. The molecule has 0 bridgehead atoms. The maximum atomic E-state index is 2.45. The van der Waals surface area contributed by atoms with Crippen LogP contribution in [0.4, 0.5) is 0 Å². The molecule has 0 aliphatic heterocycles. The first-order valence-electron chi connectivity index (χ1n) is 10.3. The van der Waals surface area contributed by atoms with Gasteiger partial charge in [0.15, 0.2) is 0 Å². The van der Waals surface area contributed by atoms with Crippen molar-refractivity contribution in [2.45, 2.75) is 76.7 Å². The molecule has 0 fully saturated rings. The molecular weight excluding hydrogens is 524 g/mol. The number of nitrogens with zero attached hydrogens (tertiary/aromatic N) is 1. The van der Waals surface area contributed by atoms with E-state index in [1.54, 1.807) is 18.9 Å². The third-order valence-electron chi connectivity index (χ3n) is 5.55. The molecule has 1 aromatic carbocycles. The van der Waals surface area contributed by atoms with Gasteiger partial charge in [-0.3, -0.25) is 0 Å². The summed E-state index contributed by atoms with van der Waals surface area (Å²) in [4.78, 5) is 0. The van der Waals surface area contributed by atoms with Crippen LogP contribution in [-0.2, 0) is 0 Å². The Morgan fingerprint density at radius 2 is 1.16 bits per heavy atom. The summed E-state index contributed by atoms with van der Waals surface area (Å²) in [6.07, 6.45) is 8.42. The first-order chi connectivity index (χ1) is 11.4. The van der Waals surface area contributed by atoms with Crippen LogP contribution >= 0.6 is 0 Å². The van der Waals surface area contributed by atoms with E-state index in [0.717, 1.165) is 8.54 Å². The van der Waals surface area contributed by atoms with E-state index < -0.39 is 18.4 Å². The van der Waals surface area contributed by atoms with Gasteiger partial charge in [-0.25, -0.2) is 0 Å². The van der Waals surface area contributed by atoms with Crippen molar-refractivity contribution in [1.29, 1.82) is 0 Å². The molecule has 3 heteroatoms. The number of benzene rings is 1. The quantitative estimate of drug-likeness (QED) is 0.205. The molecule has 0 amide bonds. The fourth-order valence-electron chi connectivity index (χ4n) is 4.63. The van der Waals surface area contributed by atoms with Crippen molar-refractivity contribution in [3.8, 4) is 0 Å². The maximum Gasteiger partial charge on any atom is -1.00 e. The molecule has 1 unspecified atom stereocenters. The Bertz CT molecular complexity index is 419. The van der Waals surface area contributed by atoms with Gasteiger partial charge < -0.3 is 24.0 Å². The van der Waals surface area contributed by atoms with Crippen molar-refractivity contribution < 1.29 is 28.5 Å². The van der Waals surface area contributed by atoms with Crippen LogP contribution < -0.4 is 24.0 Å². The zero-order chi connectivity index (χ0) is 18.1. The third-order valence-corrected chi connectivity index (χ3v) is 23.6. The van der Waals surface area contributed by atoms with Crippen LogP contribution in [0.3, 0.4) is 0 Å². The van der Waals surface area contributed by atoms with Gasteiger partial charge in [0, 0.05) is 0 Å². The SMILES string of the molecule is CCC[CH2][Sn]([CH2]CCC)([CH2]CCC)[CH](c1ccccc1)[N+](C)(C)C.[I-]. The molecule has 0 aliphatic rings. The molecular formula is C22H42INSn. The summed E-state index contributed by atoms with van der Waals surface area (Å²) in [5.41, 5.74) is 1.63. The molecule has 1 aromatic rings. The number of hydrogen-bond donors (Lipinski definition) is 0. The Hall–Kier alpha value is 0.709. The monoisotopic (exact) mass is 567 g/mol. The number of quaternary nitrogens is 1. The van der Waals surface area contributed by atoms with Gasteiger partial charge in [0.1, 0.15) is 0 Å². The normalized spacial score (nSPS) is 13.4. The van der Waals surface area contributed by atoms with Crippen LogP contribution in [-0.4, -0.2) is 44.0 Å². The van der Waals surface area contributed by atoms with Crippen LogP contribution in [0.2, 0.25) is 13.3 Å². The minimum absolute atomic E-state index is 0. The van der Waals surface area contributed by atoms with E-state index in [-0.39, 0.29) is 24.0 Å². The van der Waals surface area contributed by atoms with E-state index in [1.165, 1.54) is 38.5 Å². The molecule has 0 aromatic heterocycles. The Balaban J connectivity index is 0.00000576. The predicted molar refractivity (Wildman–Crippen MR) is 112 cm³/mol. The third kappa shape index (κ3) is 8.08. The van der Waals surface area contributed by atoms with Gasteiger partial charge in [0.05, 0.1) is 0 Å². The van der Waals surface area contributed by atoms with Crippen molar-refractivity contribution in [1.82, 2.24) is 0 Å². The predicted octanol–water partition coefficient (Wildman–Crippen LogP) is 3.83. The van der Waals surface area contributed by atoms with Gasteiger partial charge >= 0.3 is 157 Å². The van der Waals surface area contributed by atoms with Gasteiger partial charge in [-0.15, -0.1) is 0 Å². The molecule has 0 aliphatic carbocycles. The second-order valence-corrected chi connectivity index (χ2v) is 22.2. The number of halogens is 1. The molecule has 25 heavy (non-hydrogen) atoms. The standard InChI is InChI=1S/C10H15N.3C4H9.HI.Sn/c1-11(2,3)9-10-7-5-4-6-8-10;3*1-3-4-2;;/h4-9H,1-3H3;3*1,3-4H2,2H3;1H;/q+1;;;;;/p-1. The fourth-order valence-corrected chi connectivity index (χ4v) is 25.4. The topological polar surface area (TPSA) is 0 Å². The summed E-state index contributed by atoms with van der Waals surface area (Å²) in [5, 5.41) is 0. The van der Waals surface area contributed by atoms with Crippen LogP contribution in [0.15, 0.2) is 30.3 Å². The molecule has 1 rings (SSSR count). The maximum absolute atomic E-state index is 2.45. The van der Waals surface area contributed by atoms with Crippen LogP contribution in [0.5, 0.6) is 0 Å². The second kappa shape index (κ2) is 13.0. The van der Waals surface area contributed by atoms with Crippen molar-refractivity contribution in [2.24, 2.45) is 0 Å². The van der Waals surface area contributed by atoms with Gasteiger partial charge in [0.25, 0.3) is 0 Å². The summed E-state index contributed by atoms with van der Waals surface area (Å²) in [6, 6.07) is 11.5. The smallest absolute Gasteiger partial charge is 1.00 e. The van der Waals surface area contributed by atoms with E-state index in [4.69, 9.17) is 0 Å². The van der Waals surface area contributed by atoms with Crippen molar-refractivity contribution >= 4 is 18.4 Å². The van der Waals surface area contributed by atoms with Crippen LogP contribution in [0.25, 0.3) is 0 Å². The van der Waals surface area contributed by atoms with Crippen LogP contribution in [0, 0.1) is 0 Å². The molecule has 0 saturated heterocycles. The Kier molecular flexibility index (Phi) is 13.3. The van der Waals surface area contributed by atoms with Gasteiger partial charge in [0.2, 0.25) is 0 Å². The van der Waals surface area contributed by atoms with E-state index in [0.29, 0.717) is 0 Å². The van der Waals surface area contributed by atoms with Gasteiger partial charge in [-0.1, -0.05) is 0 Å². The van der Waals surface area contributed by atoms with Crippen molar-refractivity contribution in [3.05, 3.63) is 35.9 Å². The molecule has 0 heterocycles. The Labute approximate surface area is 179 Å². The van der Waals surface area contributed by atoms with E-state index in [2.05, 4.69) is 72.2 Å². The summed E-state index contributed by atoms with van der Waals surface area (Å²) in [7, 11) is 7.35.